The average molecular weight is 392 g/mol. The number of allylic oxidation sites excluding steroid dienone is 4. The third-order valence-corrected chi connectivity index (χ3v) is 5.65. The number of aromatic hydroxyl groups is 2. The third kappa shape index (κ3) is 3.59. The average Bonchev–Trinajstić information content (AvgIpc) is 3.02. The zero-order valence-corrected chi connectivity index (χ0v) is 17.5. The fourth-order valence-electron chi connectivity index (χ4n) is 4.05. The predicted molar refractivity (Wildman–Crippen MR) is 114 cm³/mol. The van der Waals surface area contributed by atoms with Crippen molar-refractivity contribution >= 4 is 0 Å². The van der Waals surface area contributed by atoms with Gasteiger partial charge in [-0.25, -0.2) is 0 Å². The van der Waals surface area contributed by atoms with Gasteiger partial charge in [-0.3, -0.25) is 0 Å². The highest BCUT2D eigenvalue weighted by Crippen LogP contribution is 2.53. The van der Waals surface area contributed by atoms with E-state index in [1.165, 1.54) is 11.1 Å². The number of rotatable bonds is 4. The first kappa shape index (κ1) is 19.4. The Morgan fingerprint density at radius 2 is 1.69 bits per heavy atom. The minimum absolute atomic E-state index is 0.0735. The first-order valence-corrected chi connectivity index (χ1v) is 10.1. The van der Waals surface area contributed by atoms with Crippen molar-refractivity contribution in [2.24, 2.45) is 0 Å². The highest BCUT2D eigenvalue weighted by Gasteiger charge is 2.42. The Balaban J connectivity index is 1.70. The van der Waals surface area contributed by atoms with E-state index in [0.717, 1.165) is 28.0 Å². The molecular weight excluding hydrogens is 364 g/mol. The molecule has 4 rings (SSSR count). The van der Waals surface area contributed by atoms with Crippen LogP contribution in [0.25, 0.3) is 0 Å². The van der Waals surface area contributed by atoms with Gasteiger partial charge in [0.05, 0.1) is 12.5 Å². The van der Waals surface area contributed by atoms with Gasteiger partial charge in [0, 0.05) is 22.8 Å². The highest BCUT2D eigenvalue weighted by atomic mass is 16.5. The Kier molecular flexibility index (Phi) is 5.03. The van der Waals surface area contributed by atoms with Crippen LogP contribution in [0.5, 0.6) is 23.0 Å². The maximum Gasteiger partial charge on any atom is 0.138 e. The Bertz CT molecular complexity index is 1010. The van der Waals surface area contributed by atoms with Crippen molar-refractivity contribution < 1.29 is 19.7 Å². The summed E-state index contributed by atoms with van der Waals surface area (Å²) in [7, 11) is 0. The van der Waals surface area contributed by atoms with Gasteiger partial charge in [-0.05, 0) is 64.3 Å². The summed E-state index contributed by atoms with van der Waals surface area (Å²) in [5, 5.41) is 20.8. The van der Waals surface area contributed by atoms with Gasteiger partial charge in [0.1, 0.15) is 29.1 Å². The van der Waals surface area contributed by atoms with Gasteiger partial charge >= 0.3 is 0 Å². The van der Waals surface area contributed by atoms with Gasteiger partial charge in [-0.15, -0.1) is 0 Å². The smallest absolute Gasteiger partial charge is 0.138 e. The lowest BCUT2D eigenvalue weighted by atomic mass is 9.86. The van der Waals surface area contributed by atoms with Crippen LogP contribution in [-0.2, 0) is 12.8 Å². The van der Waals surface area contributed by atoms with E-state index in [4.69, 9.17) is 9.47 Å². The molecule has 2 atom stereocenters. The van der Waals surface area contributed by atoms with Crippen molar-refractivity contribution in [2.45, 2.75) is 52.6 Å². The van der Waals surface area contributed by atoms with Crippen LogP contribution in [0.4, 0.5) is 0 Å². The summed E-state index contributed by atoms with van der Waals surface area (Å²) in [4.78, 5) is 0. The maximum atomic E-state index is 10.4. The van der Waals surface area contributed by atoms with Gasteiger partial charge in [0.25, 0.3) is 0 Å². The number of hydrogen-bond donors (Lipinski definition) is 2. The molecular formula is C25H28O4. The van der Waals surface area contributed by atoms with Crippen molar-refractivity contribution in [3.8, 4) is 23.0 Å². The van der Waals surface area contributed by atoms with Crippen molar-refractivity contribution in [1.29, 1.82) is 0 Å². The van der Waals surface area contributed by atoms with Crippen molar-refractivity contribution in [3.63, 3.8) is 0 Å². The largest absolute Gasteiger partial charge is 0.508 e. The molecule has 0 saturated carbocycles. The quantitative estimate of drug-likeness (QED) is 0.653. The molecule has 2 aliphatic rings. The molecule has 0 aromatic heterocycles. The van der Waals surface area contributed by atoms with Gasteiger partial charge in [-0.1, -0.05) is 23.3 Å². The lowest BCUT2D eigenvalue weighted by molar-refractivity contribution is 0.138. The second-order valence-electron chi connectivity index (χ2n) is 8.43. The predicted octanol–water partition coefficient (Wildman–Crippen LogP) is 5.72. The summed E-state index contributed by atoms with van der Waals surface area (Å²) in [5.74, 6) is 2.02. The Hall–Kier alpha value is -2.88. The van der Waals surface area contributed by atoms with E-state index < -0.39 is 0 Å². The Morgan fingerprint density at radius 1 is 0.966 bits per heavy atom. The van der Waals surface area contributed by atoms with Crippen LogP contribution in [0.15, 0.2) is 47.6 Å². The van der Waals surface area contributed by atoms with Gasteiger partial charge in [-0.2, -0.15) is 0 Å². The van der Waals surface area contributed by atoms with Crippen LogP contribution < -0.4 is 9.47 Å². The number of hydrogen-bond acceptors (Lipinski definition) is 4. The molecule has 2 N–H and O–H groups in total. The summed E-state index contributed by atoms with van der Waals surface area (Å²) >= 11 is 0. The first-order chi connectivity index (χ1) is 13.8. The topological polar surface area (TPSA) is 58.9 Å². The molecule has 152 valence electrons. The van der Waals surface area contributed by atoms with Crippen LogP contribution in [0.3, 0.4) is 0 Å². The molecule has 2 heterocycles. The Morgan fingerprint density at radius 3 is 2.41 bits per heavy atom. The van der Waals surface area contributed by atoms with Crippen molar-refractivity contribution in [1.82, 2.24) is 0 Å². The second kappa shape index (κ2) is 7.51. The molecule has 0 unspecified atom stereocenters. The lowest BCUT2D eigenvalue weighted by Crippen LogP contribution is -2.24. The zero-order chi connectivity index (χ0) is 20.7. The minimum atomic E-state index is -0.169. The molecule has 0 bridgehead atoms. The van der Waals surface area contributed by atoms with E-state index in [0.29, 0.717) is 25.2 Å². The van der Waals surface area contributed by atoms with Crippen molar-refractivity contribution in [3.05, 3.63) is 69.8 Å². The third-order valence-electron chi connectivity index (χ3n) is 5.65. The Labute approximate surface area is 172 Å². The maximum absolute atomic E-state index is 10.4. The number of phenolic OH excluding ortho intramolecular Hbond substituents is 2. The van der Waals surface area contributed by atoms with Crippen LogP contribution in [0.1, 0.15) is 62.0 Å². The van der Waals surface area contributed by atoms with Crippen LogP contribution in [0.2, 0.25) is 0 Å². The normalized spacial score (nSPS) is 18.6. The highest BCUT2D eigenvalue weighted by molar-refractivity contribution is 5.58. The second-order valence-corrected chi connectivity index (χ2v) is 8.43. The molecule has 0 radical (unpaired) electrons. The molecule has 0 aliphatic carbocycles. The summed E-state index contributed by atoms with van der Waals surface area (Å²) < 4.78 is 12.4. The monoisotopic (exact) mass is 392 g/mol. The van der Waals surface area contributed by atoms with Crippen LogP contribution >= 0.6 is 0 Å². The molecule has 2 aliphatic heterocycles. The number of ether oxygens (including phenoxy) is 2. The standard InChI is InChI=1S/C25H28O4/c1-14(2)5-7-16-11-19-20-13-28-24-17(8-6-15(3)4)21(26)10-9-18(24)25(20)29-23(19)12-22(16)27/h5-6,9-12,20,25-27H,7-8,13H2,1-4H3/t20-,25+/m1/s1. The van der Waals surface area contributed by atoms with E-state index in [2.05, 4.69) is 26.0 Å². The van der Waals surface area contributed by atoms with E-state index in [1.54, 1.807) is 12.1 Å². The molecule has 2 aromatic carbocycles. The van der Waals surface area contributed by atoms with E-state index in [9.17, 15) is 10.2 Å². The lowest BCUT2D eigenvalue weighted by Gasteiger charge is -2.29. The fourth-order valence-corrected chi connectivity index (χ4v) is 4.05. The van der Waals surface area contributed by atoms with Gasteiger partial charge in [0.2, 0.25) is 0 Å². The molecule has 4 heteroatoms. The molecule has 0 saturated heterocycles. The zero-order valence-electron chi connectivity index (χ0n) is 17.5. The van der Waals surface area contributed by atoms with E-state index >= 15 is 0 Å². The molecule has 0 spiro atoms. The van der Waals surface area contributed by atoms with Crippen LogP contribution in [0, 0.1) is 0 Å². The number of fused-ring (bicyclic) bond motifs is 5. The molecule has 4 nitrogen and oxygen atoms in total. The van der Waals surface area contributed by atoms with E-state index in [1.807, 2.05) is 26.0 Å². The van der Waals surface area contributed by atoms with Crippen LogP contribution in [-0.4, -0.2) is 16.8 Å². The molecule has 0 amide bonds. The molecule has 2 aromatic rings. The summed E-state index contributed by atoms with van der Waals surface area (Å²) in [6.07, 6.45) is 5.34. The summed E-state index contributed by atoms with van der Waals surface area (Å²) in [5.41, 5.74) is 6.15. The summed E-state index contributed by atoms with van der Waals surface area (Å²) in [6, 6.07) is 7.39. The molecule has 29 heavy (non-hydrogen) atoms. The number of benzene rings is 2. The van der Waals surface area contributed by atoms with Gasteiger partial charge < -0.3 is 19.7 Å². The minimum Gasteiger partial charge on any atom is -0.508 e. The van der Waals surface area contributed by atoms with Gasteiger partial charge in [0.15, 0.2) is 0 Å². The SMILES string of the molecule is CC(C)=CCc1cc2c(cc1O)O[C@H]1c3ccc(O)c(CC=C(C)C)c3OC[C@H]21. The van der Waals surface area contributed by atoms with E-state index in [-0.39, 0.29) is 23.5 Å². The fraction of sp³-hybridized carbons (Fsp3) is 0.360. The first-order valence-electron chi connectivity index (χ1n) is 10.1. The summed E-state index contributed by atoms with van der Waals surface area (Å²) in [6.45, 7) is 8.68. The molecule has 0 fully saturated rings. The number of phenols is 2. The van der Waals surface area contributed by atoms with Crippen molar-refractivity contribution in [2.75, 3.05) is 6.61 Å².